The van der Waals surface area contributed by atoms with Gasteiger partial charge in [0.15, 0.2) is 5.41 Å². The van der Waals surface area contributed by atoms with Crippen LogP contribution in [0.15, 0.2) is 0 Å². The van der Waals surface area contributed by atoms with Crippen LogP contribution in [0.3, 0.4) is 0 Å². The number of cyclic esters (lactones) is 2. The number of fused-ring (bicyclic) bond motifs is 2. The van der Waals surface area contributed by atoms with Gasteiger partial charge in [0.05, 0.1) is 5.41 Å². The van der Waals surface area contributed by atoms with Crippen molar-refractivity contribution < 1.29 is 19.1 Å². The molecule has 22 heavy (non-hydrogen) atoms. The monoisotopic (exact) mass is 308 g/mol. The molecule has 3 rings (SSSR count). The Morgan fingerprint density at radius 2 is 1.59 bits per heavy atom. The number of piperazine rings is 1. The molecule has 2 aliphatic heterocycles. The van der Waals surface area contributed by atoms with Crippen LogP contribution in [0, 0.1) is 16.2 Å². The van der Waals surface area contributed by atoms with E-state index in [0.29, 0.717) is 25.9 Å². The first-order chi connectivity index (χ1) is 10.2. The zero-order chi connectivity index (χ0) is 16.3. The summed E-state index contributed by atoms with van der Waals surface area (Å²) < 4.78 is 5.01. The maximum absolute atomic E-state index is 13.2. The SMILES string of the molecule is CN1CCN(C(=O)C23CCC(C)(C(=O)OC2=O)C3(C)C)CC1. The van der Waals surface area contributed by atoms with Crippen LogP contribution in [0.1, 0.15) is 33.6 Å². The third-order valence-electron chi connectivity index (χ3n) is 6.59. The molecule has 1 amide bonds. The first-order valence-electron chi connectivity index (χ1n) is 7.91. The molecule has 3 fully saturated rings. The molecule has 6 heteroatoms. The number of rotatable bonds is 1. The van der Waals surface area contributed by atoms with Gasteiger partial charge in [-0.3, -0.25) is 14.4 Å². The molecule has 0 N–H and O–H groups in total. The molecule has 6 nitrogen and oxygen atoms in total. The van der Waals surface area contributed by atoms with E-state index in [9.17, 15) is 14.4 Å². The summed E-state index contributed by atoms with van der Waals surface area (Å²) in [6, 6.07) is 0. The second-order valence-corrected chi connectivity index (χ2v) is 7.63. The standard InChI is InChI=1S/C16H24N2O4/c1-14(2)15(3)5-6-16(14,13(21)22-12(15)20)11(19)18-9-7-17(4)8-10-18/h5-10H2,1-4H3. The summed E-state index contributed by atoms with van der Waals surface area (Å²) in [5.41, 5.74) is -2.72. The highest BCUT2D eigenvalue weighted by Gasteiger charge is 2.75. The Morgan fingerprint density at radius 1 is 1.00 bits per heavy atom. The fourth-order valence-electron chi connectivity index (χ4n) is 4.27. The highest BCUT2D eigenvalue weighted by Crippen LogP contribution is 2.66. The number of hydrogen-bond donors (Lipinski definition) is 0. The van der Waals surface area contributed by atoms with Crippen molar-refractivity contribution in [2.24, 2.45) is 16.2 Å². The topological polar surface area (TPSA) is 66.9 Å². The zero-order valence-corrected chi connectivity index (χ0v) is 13.8. The second kappa shape index (κ2) is 4.54. The lowest BCUT2D eigenvalue weighted by Gasteiger charge is -2.50. The molecule has 2 unspecified atom stereocenters. The molecule has 1 aliphatic carbocycles. The first-order valence-corrected chi connectivity index (χ1v) is 7.91. The van der Waals surface area contributed by atoms with Crippen LogP contribution in [0.4, 0.5) is 0 Å². The van der Waals surface area contributed by atoms with E-state index in [4.69, 9.17) is 4.74 Å². The summed E-state index contributed by atoms with van der Waals surface area (Å²) in [7, 11) is 2.02. The van der Waals surface area contributed by atoms with E-state index in [-0.39, 0.29) is 5.91 Å². The summed E-state index contributed by atoms with van der Waals surface area (Å²) in [6.07, 6.45) is 0.913. The minimum absolute atomic E-state index is 0.160. The van der Waals surface area contributed by atoms with E-state index in [0.717, 1.165) is 13.1 Å². The summed E-state index contributed by atoms with van der Waals surface area (Å²) in [5, 5.41) is 0. The van der Waals surface area contributed by atoms with Crippen LogP contribution in [-0.2, 0) is 19.1 Å². The third kappa shape index (κ3) is 1.62. The number of ether oxygens (including phenoxy) is 1. The maximum atomic E-state index is 13.2. The van der Waals surface area contributed by atoms with Crippen LogP contribution < -0.4 is 0 Å². The first kappa shape index (κ1) is 15.5. The van der Waals surface area contributed by atoms with E-state index in [1.807, 2.05) is 27.8 Å². The number of hydrogen-bond acceptors (Lipinski definition) is 5. The maximum Gasteiger partial charge on any atom is 0.329 e. The van der Waals surface area contributed by atoms with Gasteiger partial charge in [-0.15, -0.1) is 0 Å². The van der Waals surface area contributed by atoms with Crippen molar-refractivity contribution in [1.29, 1.82) is 0 Å². The van der Waals surface area contributed by atoms with Crippen molar-refractivity contribution in [3.8, 4) is 0 Å². The van der Waals surface area contributed by atoms with Crippen molar-refractivity contribution in [2.45, 2.75) is 33.6 Å². The van der Waals surface area contributed by atoms with Gasteiger partial charge in [0.1, 0.15) is 0 Å². The third-order valence-corrected chi connectivity index (χ3v) is 6.59. The molecule has 122 valence electrons. The van der Waals surface area contributed by atoms with Gasteiger partial charge in [0.25, 0.3) is 0 Å². The molecule has 0 spiro atoms. The highest BCUT2D eigenvalue weighted by atomic mass is 16.6. The van der Waals surface area contributed by atoms with Gasteiger partial charge in [-0.1, -0.05) is 13.8 Å². The van der Waals surface area contributed by atoms with E-state index in [2.05, 4.69) is 4.90 Å². The Labute approximate surface area is 130 Å². The van der Waals surface area contributed by atoms with Crippen LogP contribution in [0.25, 0.3) is 0 Å². The van der Waals surface area contributed by atoms with Crippen molar-refractivity contribution in [3.05, 3.63) is 0 Å². The molecule has 0 aromatic heterocycles. The largest absolute Gasteiger partial charge is 0.392 e. The van der Waals surface area contributed by atoms with Crippen molar-refractivity contribution >= 4 is 17.8 Å². The van der Waals surface area contributed by atoms with E-state index >= 15 is 0 Å². The Hall–Kier alpha value is -1.43. The molecular weight excluding hydrogens is 284 g/mol. The van der Waals surface area contributed by atoms with Gasteiger partial charge in [-0.05, 0) is 26.8 Å². The molecule has 1 saturated carbocycles. The fourth-order valence-corrected chi connectivity index (χ4v) is 4.27. The van der Waals surface area contributed by atoms with Crippen molar-refractivity contribution in [3.63, 3.8) is 0 Å². The van der Waals surface area contributed by atoms with E-state index in [1.165, 1.54) is 0 Å². The zero-order valence-electron chi connectivity index (χ0n) is 13.8. The summed E-state index contributed by atoms with van der Waals surface area (Å²) in [4.78, 5) is 41.9. The smallest absolute Gasteiger partial charge is 0.329 e. The number of nitrogens with zero attached hydrogens (tertiary/aromatic N) is 2. The Morgan fingerprint density at radius 3 is 2.18 bits per heavy atom. The lowest BCUT2D eigenvalue weighted by molar-refractivity contribution is -0.199. The highest BCUT2D eigenvalue weighted by molar-refractivity contribution is 6.11. The number of carbonyl (C=O) groups is 3. The fraction of sp³-hybridized carbons (Fsp3) is 0.812. The molecule has 0 aromatic carbocycles. The molecular formula is C16H24N2O4. The summed E-state index contributed by atoms with van der Waals surface area (Å²) in [6.45, 7) is 8.39. The minimum atomic E-state index is -1.22. The van der Waals surface area contributed by atoms with Gasteiger partial charge in [0, 0.05) is 31.6 Å². The molecule has 2 heterocycles. The molecule has 2 saturated heterocycles. The van der Waals surface area contributed by atoms with Crippen LogP contribution >= 0.6 is 0 Å². The second-order valence-electron chi connectivity index (χ2n) is 7.63. The molecule has 2 atom stereocenters. The number of amides is 1. The van der Waals surface area contributed by atoms with Crippen molar-refractivity contribution in [2.75, 3.05) is 33.2 Å². The Bertz CT molecular complexity index is 550. The predicted octanol–water partition coefficient (Wildman–Crippen LogP) is 0.656. The lowest BCUT2D eigenvalue weighted by Crippen LogP contribution is -2.64. The Balaban J connectivity index is 1.99. The average Bonchev–Trinajstić information content (AvgIpc) is 2.61. The number of esters is 2. The molecule has 3 aliphatic rings. The minimum Gasteiger partial charge on any atom is -0.392 e. The summed E-state index contributed by atoms with van der Waals surface area (Å²) >= 11 is 0. The van der Waals surface area contributed by atoms with Crippen LogP contribution in [0.5, 0.6) is 0 Å². The summed E-state index contributed by atoms with van der Waals surface area (Å²) in [5.74, 6) is -1.30. The van der Waals surface area contributed by atoms with Crippen LogP contribution in [-0.4, -0.2) is 60.9 Å². The van der Waals surface area contributed by atoms with Gasteiger partial charge in [0.2, 0.25) is 5.91 Å². The quantitative estimate of drug-likeness (QED) is 0.526. The molecule has 0 radical (unpaired) electrons. The number of carbonyl (C=O) groups excluding carboxylic acids is 3. The van der Waals surface area contributed by atoms with E-state index < -0.39 is 28.2 Å². The molecule has 0 aromatic rings. The normalized spacial score (nSPS) is 38.1. The number of likely N-dealkylation sites (N-methyl/N-ethyl adjacent to an activating group) is 1. The predicted molar refractivity (Wildman–Crippen MR) is 78.7 cm³/mol. The van der Waals surface area contributed by atoms with E-state index in [1.54, 1.807) is 4.90 Å². The average molecular weight is 308 g/mol. The Kier molecular flexibility index (Phi) is 3.19. The van der Waals surface area contributed by atoms with Crippen molar-refractivity contribution in [1.82, 2.24) is 9.80 Å². The van der Waals surface area contributed by atoms with Gasteiger partial charge in [-0.25, -0.2) is 0 Å². The van der Waals surface area contributed by atoms with Gasteiger partial charge >= 0.3 is 11.9 Å². The molecule has 2 bridgehead atoms. The van der Waals surface area contributed by atoms with Crippen LogP contribution in [0.2, 0.25) is 0 Å². The van der Waals surface area contributed by atoms with Gasteiger partial charge < -0.3 is 14.5 Å². The lowest BCUT2D eigenvalue weighted by atomic mass is 9.56. The van der Waals surface area contributed by atoms with Gasteiger partial charge in [-0.2, -0.15) is 0 Å².